The fourth-order valence-electron chi connectivity index (χ4n) is 3.81. The number of amides is 1. The van der Waals surface area contributed by atoms with Crippen molar-refractivity contribution >= 4 is 42.6 Å². The van der Waals surface area contributed by atoms with Crippen molar-refractivity contribution in [1.29, 1.82) is 0 Å². The average molecular weight is 550 g/mol. The Hall–Kier alpha value is -2.89. The zero-order chi connectivity index (χ0) is 27.0. The lowest BCUT2D eigenvalue weighted by atomic mass is 10.1. The predicted molar refractivity (Wildman–Crippen MR) is 147 cm³/mol. The van der Waals surface area contributed by atoms with Crippen molar-refractivity contribution in [3.8, 4) is 17.2 Å². The van der Waals surface area contributed by atoms with Crippen LogP contribution in [0.5, 0.6) is 17.2 Å². The first-order valence-electron chi connectivity index (χ1n) is 12.6. The quantitative estimate of drug-likeness (QED) is 0.281. The van der Waals surface area contributed by atoms with Crippen molar-refractivity contribution < 1.29 is 27.4 Å². The van der Waals surface area contributed by atoms with Gasteiger partial charge in [0.2, 0.25) is 15.8 Å². The van der Waals surface area contributed by atoms with E-state index in [0.29, 0.717) is 71.1 Å². The summed E-state index contributed by atoms with van der Waals surface area (Å²) < 4.78 is 45.6. The van der Waals surface area contributed by atoms with Crippen LogP contribution in [0.2, 0.25) is 0 Å². The number of anilines is 1. The molecule has 0 spiro atoms. The number of nitrogens with zero attached hydrogens (tertiary/aromatic N) is 2. The fourth-order valence-corrected chi connectivity index (χ4v) is 6.43. The highest BCUT2D eigenvalue weighted by molar-refractivity contribution is 7.89. The van der Waals surface area contributed by atoms with Gasteiger partial charge in [-0.15, -0.1) is 0 Å². The third-order valence-electron chi connectivity index (χ3n) is 5.34. The number of nitrogens with one attached hydrogen (secondary N) is 1. The lowest BCUT2D eigenvalue weighted by molar-refractivity contribution is 0.102. The summed E-state index contributed by atoms with van der Waals surface area (Å²) in [4.78, 5) is 17.8. The van der Waals surface area contributed by atoms with Gasteiger partial charge in [-0.25, -0.2) is 13.4 Å². The predicted octanol–water partition coefficient (Wildman–Crippen LogP) is 5.56. The molecule has 3 rings (SSSR count). The molecule has 11 heteroatoms. The molecule has 1 aromatic heterocycles. The normalized spacial score (nSPS) is 11.6. The number of thiazole rings is 1. The molecule has 2 aromatic carbocycles. The van der Waals surface area contributed by atoms with Crippen molar-refractivity contribution in [3.05, 3.63) is 35.9 Å². The molecule has 0 fully saturated rings. The first-order valence-corrected chi connectivity index (χ1v) is 14.8. The molecule has 0 atom stereocenters. The molecule has 0 aliphatic heterocycles. The standard InChI is InChI=1S/C26H35N3O6S2/c1-6-13-29(14-7-2)37(31,32)19-11-12-20-23(17-19)36-26(27-20)28-25(30)18-15-21(33-8-3)24(35-10-5)22(16-18)34-9-4/h11-12,15-17H,6-10,13-14H2,1-5H3,(H,27,28,30). The molecule has 1 N–H and O–H groups in total. The van der Waals surface area contributed by atoms with Gasteiger partial charge in [0.1, 0.15) is 0 Å². The van der Waals surface area contributed by atoms with Crippen LogP contribution in [0.3, 0.4) is 0 Å². The number of hydrogen-bond donors (Lipinski definition) is 1. The number of rotatable bonds is 14. The molecular weight excluding hydrogens is 514 g/mol. The number of sulfonamides is 1. The van der Waals surface area contributed by atoms with Gasteiger partial charge < -0.3 is 14.2 Å². The van der Waals surface area contributed by atoms with Crippen LogP contribution in [0.1, 0.15) is 57.8 Å². The van der Waals surface area contributed by atoms with Gasteiger partial charge >= 0.3 is 0 Å². The van der Waals surface area contributed by atoms with E-state index >= 15 is 0 Å². The second-order valence-corrected chi connectivity index (χ2v) is 11.1. The van der Waals surface area contributed by atoms with Crippen LogP contribution < -0.4 is 19.5 Å². The molecule has 202 valence electrons. The first kappa shape index (κ1) is 28.7. The largest absolute Gasteiger partial charge is 0.490 e. The number of benzene rings is 2. The summed E-state index contributed by atoms with van der Waals surface area (Å²) in [6.45, 7) is 11.6. The zero-order valence-electron chi connectivity index (χ0n) is 22.0. The minimum atomic E-state index is -3.62. The molecule has 37 heavy (non-hydrogen) atoms. The van der Waals surface area contributed by atoms with Crippen LogP contribution in [0, 0.1) is 0 Å². The topological polar surface area (TPSA) is 107 Å². The van der Waals surface area contributed by atoms with E-state index in [-0.39, 0.29) is 4.90 Å². The van der Waals surface area contributed by atoms with E-state index in [1.54, 1.807) is 30.3 Å². The van der Waals surface area contributed by atoms with Crippen LogP contribution in [0.25, 0.3) is 10.2 Å². The van der Waals surface area contributed by atoms with E-state index in [1.807, 2.05) is 34.6 Å². The highest BCUT2D eigenvalue weighted by Crippen LogP contribution is 2.39. The number of hydrogen-bond acceptors (Lipinski definition) is 8. The van der Waals surface area contributed by atoms with E-state index in [0.717, 1.165) is 12.8 Å². The lowest BCUT2D eigenvalue weighted by Crippen LogP contribution is -2.32. The van der Waals surface area contributed by atoms with Gasteiger partial charge in [0.05, 0.1) is 34.9 Å². The monoisotopic (exact) mass is 549 g/mol. The summed E-state index contributed by atoms with van der Waals surface area (Å²) in [5.41, 5.74) is 0.932. The third-order valence-corrected chi connectivity index (χ3v) is 8.16. The number of fused-ring (bicyclic) bond motifs is 1. The van der Waals surface area contributed by atoms with Gasteiger partial charge in [-0.2, -0.15) is 4.31 Å². The Morgan fingerprint density at radius 1 is 0.919 bits per heavy atom. The highest BCUT2D eigenvalue weighted by Gasteiger charge is 2.24. The van der Waals surface area contributed by atoms with Gasteiger partial charge in [0.15, 0.2) is 16.6 Å². The number of carbonyl (C=O) groups excluding carboxylic acids is 1. The summed E-state index contributed by atoms with van der Waals surface area (Å²) in [6, 6.07) is 8.08. The second kappa shape index (κ2) is 13.1. The van der Waals surface area contributed by atoms with Gasteiger partial charge in [-0.3, -0.25) is 10.1 Å². The Kier molecular flexibility index (Phi) is 10.1. The Morgan fingerprint density at radius 2 is 1.51 bits per heavy atom. The Morgan fingerprint density at radius 3 is 2.05 bits per heavy atom. The Labute approximate surface area is 222 Å². The molecule has 1 amide bonds. The van der Waals surface area contributed by atoms with Gasteiger partial charge in [-0.05, 0) is 63.9 Å². The smallest absolute Gasteiger partial charge is 0.257 e. The molecule has 3 aromatic rings. The summed E-state index contributed by atoms with van der Waals surface area (Å²) in [5.74, 6) is 0.900. The SMILES string of the molecule is CCCN(CCC)S(=O)(=O)c1ccc2nc(NC(=O)c3cc(OCC)c(OCC)c(OCC)c3)sc2c1. The highest BCUT2D eigenvalue weighted by atomic mass is 32.2. The van der Waals surface area contributed by atoms with Crippen molar-refractivity contribution in [2.75, 3.05) is 38.2 Å². The molecule has 0 unspecified atom stereocenters. The molecule has 0 saturated heterocycles. The molecular formula is C26H35N3O6S2. The van der Waals surface area contributed by atoms with Crippen LogP contribution in [-0.4, -0.2) is 56.5 Å². The van der Waals surface area contributed by atoms with Crippen molar-refractivity contribution in [2.45, 2.75) is 52.4 Å². The molecule has 1 heterocycles. The molecule has 0 saturated carbocycles. The lowest BCUT2D eigenvalue weighted by Gasteiger charge is -2.20. The van der Waals surface area contributed by atoms with Gasteiger partial charge in [0, 0.05) is 18.7 Å². The molecule has 0 bridgehead atoms. The van der Waals surface area contributed by atoms with Gasteiger partial charge in [0.25, 0.3) is 5.91 Å². The Bertz CT molecular complexity index is 1290. The minimum Gasteiger partial charge on any atom is -0.490 e. The summed E-state index contributed by atoms with van der Waals surface area (Å²) in [5, 5.41) is 3.18. The van der Waals surface area contributed by atoms with E-state index in [4.69, 9.17) is 14.2 Å². The van der Waals surface area contributed by atoms with Crippen molar-refractivity contribution in [2.24, 2.45) is 0 Å². The minimum absolute atomic E-state index is 0.220. The third kappa shape index (κ3) is 6.71. The van der Waals surface area contributed by atoms with Crippen molar-refractivity contribution in [1.82, 2.24) is 9.29 Å². The average Bonchev–Trinajstić information content (AvgIpc) is 3.27. The fraction of sp³-hybridized carbons (Fsp3) is 0.462. The zero-order valence-corrected chi connectivity index (χ0v) is 23.6. The first-order chi connectivity index (χ1) is 17.8. The molecule has 0 aliphatic carbocycles. The van der Waals surface area contributed by atoms with E-state index in [2.05, 4.69) is 10.3 Å². The molecule has 0 aliphatic rings. The number of carbonyl (C=O) groups is 1. The van der Waals surface area contributed by atoms with Crippen molar-refractivity contribution in [3.63, 3.8) is 0 Å². The van der Waals surface area contributed by atoms with Crippen LogP contribution >= 0.6 is 11.3 Å². The number of aromatic nitrogens is 1. The summed E-state index contributed by atoms with van der Waals surface area (Å²) in [7, 11) is -3.62. The maximum Gasteiger partial charge on any atom is 0.257 e. The number of ether oxygens (including phenoxy) is 3. The summed E-state index contributed by atoms with van der Waals surface area (Å²) in [6.07, 6.45) is 1.47. The molecule has 9 nitrogen and oxygen atoms in total. The van der Waals surface area contributed by atoms with E-state index in [1.165, 1.54) is 15.6 Å². The van der Waals surface area contributed by atoms with Crippen LogP contribution in [0.15, 0.2) is 35.2 Å². The van der Waals surface area contributed by atoms with E-state index in [9.17, 15) is 13.2 Å². The molecule has 0 radical (unpaired) electrons. The Balaban J connectivity index is 1.90. The second-order valence-electron chi connectivity index (χ2n) is 8.11. The van der Waals surface area contributed by atoms with E-state index < -0.39 is 15.9 Å². The maximum atomic E-state index is 13.2. The van der Waals surface area contributed by atoms with Crippen LogP contribution in [-0.2, 0) is 10.0 Å². The van der Waals surface area contributed by atoms with Crippen LogP contribution in [0.4, 0.5) is 5.13 Å². The summed E-state index contributed by atoms with van der Waals surface area (Å²) >= 11 is 1.22. The maximum absolute atomic E-state index is 13.2. The van der Waals surface area contributed by atoms with Gasteiger partial charge in [-0.1, -0.05) is 25.2 Å².